The van der Waals surface area contributed by atoms with Gasteiger partial charge in [-0.05, 0) is 23.0 Å². The highest BCUT2D eigenvalue weighted by Crippen LogP contribution is 2.34. The predicted octanol–water partition coefficient (Wildman–Crippen LogP) is 3.64. The lowest BCUT2D eigenvalue weighted by atomic mass is 9.78. The molecule has 104 valence electrons. The van der Waals surface area contributed by atoms with Crippen LogP contribution in [0.2, 0.25) is 0 Å². The standard InChI is InChI=1S/C17H25NO/c1-12(2)16(19)18-11-14-9-7-6-8-13(14)10-15(18)17(3,4)5/h6-9,12,15H,10-11H2,1-5H3. The van der Waals surface area contributed by atoms with Crippen LogP contribution in [0.1, 0.15) is 45.7 Å². The Morgan fingerprint density at radius 2 is 1.79 bits per heavy atom. The zero-order valence-corrected chi connectivity index (χ0v) is 12.7. The molecule has 2 heteroatoms. The highest BCUT2D eigenvalue weighted by atomic mass is 16.2. The van der Waals surface area contributed by atoms with E-state index in [2.05, 4.69) is 49.9 Å². The fourth-order valence-corrected chi connectivity index (χ4v) is 2.86. The Morgan fingerprint density at radius 3 is 2.32 bits per heavy atom. The molecule has 1 unspecified atom stereocenters. The van der Waals surface area contributed by atoms with Gasteiger partial charge in [0.05, 0.1) is 0 Å². The Balaban J connectivity index is 2.38. The van der Waals surface area contributed by atoms with Crippen LogP contribution in [-0.2, 0) is 17.8 Å². The van der Waals surface area contributed by atoms with Gasteiger partial charge < -0.3 is 4.90 Å². The summed E-state index contributed by atoms with van der Waals surface area (Å²) in [4.78, 5) is 14.6. The highest BCUT2D eigenvalue weighted by molar-refractivity contribution is 5.79. The molecular formula is C17H25NO. The molecule has 2 rings (SSSR count). The van der Waals surface area contributed by atoms with E-state index in [0.29, 0.717) is 0 Å². The fourth-order valence-electron chi connectivity index (χ4n) is 2.86. The van der Waals surface area contributed by atoms with Crippen molar-refractivity contribution in [3.63, 3.8) is 0 Å². The molecule has 0 bridgehead atoms. The second kappa shape index (κ2) is 4.99. The second-order valence-electron chi connectivity index (χ2n) is 6.98. The minimum Gasteiger partial charge on any atom is -0.334 e. The molecule has 19 heavy (non-hydrogen) atoms. The first kappa shape index (κ1) is 14.1. The Bertz CT molecular complexity index is 470. The van der Waals surface area contributed by atoms with Crippen LogP contribution in [0.3, 0.4) is 0 Å². The van der Waals surface area contributed by atoms with Crippen molar-refractivity contribution in [2.45, 2.75) is 53.6 Å². The van der Waals surface area contributed by atoms with E-state index in [0.717, 1.165) is 13.0 Å². The Kier molecular flexibility index (Phi) is 3.71. The number of fused-ring (bicyclic) bond motifs is 1. The van der Waals surface area contributed by atoms with Crippen LogP contribution in [-0.4, -0.2) is 16.8 Å². The minimum absolute atomic E-state index is 0.0649. The van der Waals surface area contributed by atoms with Crippen molar-refractivity contribution < 1.29 is 4.79 Å². The third-order valence-electron chi connectivity index (χ3n) is 4.03. The maximum atomic E-state index is 12.5. The number of benzene rings is 1. The maximum Gasteiger partial charge on any atom is 0.225 e. The van der Waals surface area contributed by atoms with Crippen molar-refractivity contribution in [2.75, 3.05) is 0 Å². The lowest BCUT2D eigenvalue weighted by molar-refractivity contribution is -0.140. The van der Waals surface area contributed by atoms with Crippen LogP contribution in [0, 0.1) is 11.3 Å². The Morgan fingerprint density at radius 1 is 1.21 bits per heavy atom. The average molecular weight is 259 g/mol. The second-order valence-corrected chi connectivity index (χ2v) is 6.98. The third-order valence-corrected chi connectivity index (χ3v) is 4.03. The van der Waals surface area contributed by atoms with E-state index in [1.54, 1.807) is 0 Å². The molecule has 0 fully saturated rings. The molecule has 1 aromatic rings. The Hall–Kier alpha value is -1.31. The highest BCUT2D eigenvalue weighted by Gasteiger charge is 2.37. The molecule has 0 spiro atoms. The summed E-state index contributed by atoms with van der Waals surface area (Å²) in [6, 6.07) is 8.80. The van der Waals surface area contributed by atoms with Gasteiger partial charge in [0.1, 0.15) is 0 Å². The quantitative estimate of drug-likeness (QED) is 0.754. The largest absolute Gasteiger partial charge is 0.334 e. The van der Waals surface area contributed by atoms with Gasteiger partial charge in [-0.1, -0.05) is 58.9 Å². The van der Waals surface area contributed by atoms with E-state index in [1.165, 1.54) is 11.1 Å². The van der Waals surface area contributed by atoms with E-state index >= 15 is 0 Å². The molecule has 0 saturated carbocycles. The topological polar surface area (TPSA) is 20.3 Å². The van der Waals surface area contributed by atoms with Crippen molar-refractivity contribution in [2.24, 2.45) is 11.3 Å². The van der Waals surface area contributed by atoms with E-state index in [-0.39, 0.29) is 23.3 Å². The number of carbonyl (C=O) groups excluding carboxylic acids is 1. The molecule has 0 aliphatic carbocycles. The number of nitrogens with zero attached hydrogens (tertiary/aromatic N) is 1. The van der Waals surface area contributed by atoms with Crippen molar-refractivity contribution in [1.82, 2.24) is 4.90 Å². The summed E-state index contributed by atoms with van der Waals surface area (Å²) < 4.78 is 0. The van der Waals surface area contributed by atoms with Crippen molar-refractivity contribution in [3.8, 4) is 0 Å². The monoisotopic (exact) mass is 259 g/mol. The van der Waals surface area contributed by atoms with Crippen LogP contribution in [0.5, 0.6) is 0 Å². The minimum atomic E-state index is 0.0649. The molecule has 1 amide bonds. The molecule has 1 heterocycles. The Labute approximate surface area is 116 Å². The fraction of sp³-hybridized carbons (Fsp3) is 0.588. The molecule has 0 saturated heterocycles. The van der Waals surface area contributed by atoms with E-state index in [9.17, 15) is 4.79 Å². The summed E-state index contributed by atoms with van der Waals surface area (Å²) in [5.74, 6) is 0.338. The van der Waals surface area contributed by atoms with Crippen LogP contribution >= 0.6 is 0 Å². The van der Waals surface area contributed by atoms with Crippen LogP contribution in [0.25, 0.3) is 0 Å². The number of hydrogen-bond donors (Lipinski definition) is 0. The third kappa shape index (κ3) is 2.83. The van der Waals surface area contributed by atoms with Gasteiger partial charge in [-0.2, -0.15) is 0 Å². The number of carbonyl (C=O) groups is 1. The van der Waals surface area contributed by atoms with Crippen molar-refractivity contribution in [3.05, 3.63) is 35.4 Å². The first-order chi connectivity index (χ1) is 8.80. The maximum absolute atomic E-state index is 12.5. The number of amides is 1. The van der Waals surface area contributed by atoms with Gasteiger partial charge in [-0.3, -0.25) is 4.79 Å². The first-order valence-electron chi connectivity index (χ1n) is 7.18. The van der Waals surface area contributed by atoms with E-state index in [1.807, 2.05) is 13.8 Å². The first-order valence-corrected chi connectivity index (χ1v) is 7.18. The molecule has 0 aromatic heterocycles. The summed E-state index contributed by atoms with van der Waals surface area (Å²) in [5.41, 5.74) is 2.81. The summed E-state index contributed by atoms with van der Waals surface area (Å²) in [6.45, 7) is 11.4. The molecule has 0 radical (unpaired) electrons. The molecule has 1 atom stereocenters. The zero-order chi connectivity index (χ0) is 14.2. The predicted molar refractivity (Wildman–Crippen MR) is 78.8 cm³/mol. The van der Waals surface area contributed by atoms with Crippen LogP contribution in [0.15, 0.2) is 24.3 Å². The van der Waals surface area contributed by atoms with Crippen LogP contribution < -0.4 is 0 Å². The molecular weight excluding hydrogens is 234 g/mol. The molecule has 2 nitrogen and oxygen atoms in total. The summed E-state index contributed by atoms with van der Waals surface area (Å²) >= 11 is 0. The van der Waals surface area contributed by atoms with Gasteiger partial charge in [0.2, 0.25) is 5.91 Å². The van der Waals surface area contributed by atoms with Crippen molar-refractivity contribution in [1.29, 1.82) is 0 Å². The van der Waals surface area contributed by atoms with Gasteiger partial charge in [0.15, 0.2) is 0 Å². The smallest absolute Gasteiger partial charge is 0.225 e. The number of rotatable bonds is 1. The van der Waals surface area contributed by atoms with Gasteiger partial charge in [-0.25, -0.2) is 0 Å². The van der Waals surface area contributed by atoms with Crippen LogP contribution in [0.4, 0.5) is 0 Å². The van der Waals surface area contributed by atoms with Gasteiger partial charge in [0, 0.05) is 18.5 Å². The van der Waals surface area contributed by atoms with Gasteiger partial charge >= 0.3 is 0 Å². The lowest BCUT2D eigenvalue weighted by Gasteiger charge is -2.44. The molecule has 0 N–H and O–H groups in total. The van der Waals surface area contributed by atoms with E-state index in [4.69, 9.17) is 0 Å². The summed E-state index contributed by atoms with van der Waals surface area (Å²) in [5, 5.41) is 0. The SMILES string of the molecule is CC(C)C(=O)N1Cc2ccccc2CC1C(C)(C)C. The zero-order valence-electron chi connectivity index (χ0n) is 12.7. The summed E-state index contributed by atoms with van der Waals surface area (Å²) in [7, 11) is 0. The normalized spacial score (nSPS) is 19.5. The average Bonchev–Trinajstić information content (AvgIpc) is 2.35. The molecule has 1 aliphatic heterocycles. The van der Waals surface area contributed by atoms with Gasteiger partial charge in [-0.15, -0.1) is 0 Å². The molecule has 1 aromatic carbocycles. The molecule has 1 aliphatic rings. The lowest BCUT2D eigenvalue weighted by Crippen LogP contribution is -2.51. The van der Waals surface area contributed by atoms with E-state index < -0.39 is 0 Å². The van der Waals surface area contributed by atoms with Gasteiger partial charge in [0.25, 0.3) is 0 Å². The summed E-state index contributed by atoms with van der Waals surface area (Å²) in [6.07, 6.45) is 0.970. The van der Waals surface area contributed by atoms with Crippen molar-refractivity contribution >= 4 is 5.91 Å². The number of hydrogen-bond acceptors (Lipinski definition) is 1.